The highest BCUT2D eigenvalue weighted by atomic mass is 79.9. The molecule has 2 aromatic carbocycles. The second-order valence-corrected chi connectivity index (χ2v) is 8.24. The Balaban J connectivity index is 1.97. The van der Waals surface area contributed by atoms with Crippen molar-refractivity contribution in [3.63, 3.8) is 0 Å². The normalized spacial score (nSPS) is 11.6. The van der Waals surface area contributed by atoms with E-state index in [1.165, 1.54) is 10.4 Å². The monoisotopic (exact) mass is 416 g/mol. The van der Waals surface area contributed by atoms with E-state index in [0.717, 1.165) is 11.1 Å². The summed E-state index contributed by atoms with van der Waals surface area (Å²) in [6.07, 6.45) is 0. The molecule has 0 bridgehead atoms. The van der Waals surface area contributed by atoms with E-state index in [1.54, 1.807) is 12.1 Å². The Bertz CT molecular complexity index is 890. The Morgan fingerprint density at radius 3 is 1.76 bits per heavy atom. The summed E-state index contributed by atoms with van der Waals surface area (Å²) >= 11 is 3.24. The predicted octanol–water partition coefficient (Wildman–Crippen LogP) is 4.24. The van der Waals surface area contributed by atoms with Crippen LogP contribution in [0.15, 0.2) is 88.5 Å². The van der Waals surface area contributed by atoms with E-state index < -0.39 is 10.0 Å². The number of rotatable bonds is 6. The summed E-state index contributed by atoms with van der Waals surface area (Å²) in [4.78, 5) is 4.14. The number of halogens is 1. The largest absolute Gasteiger partial charge is 0.261 e. The lowest BCUT2D eigenvalue weighted by molar-refractivity contribution is 0.399. The highest BCUT2D eigenvalue weighted by molar-refractivity contribution is 9.10. The van der Waals surface area contributed by atoms with Crippen molar-refractivity contribution < 1.29 is 8.42 Å². The fourth-order valence-corrected chi connectivity index (χ4v) is 4.29. The van der Waals surface area contributed by atoms with Crippen LogP contribution in [-0.4, -0.2) is 17.7 Å². The molecule has 0 amide bonds. The molecule has 0 aliphatic rings. The third-order valence-corrected chi connectivity index (χ3v) is 5.83. The van der Waals surface area contributed by atoms with Crippen LogP contribution in [0.25, 0.3) is 0 Å². The molecule has 25 heavy (non-hydrogen) atoms. The Hall–Kier alpha value is -2.02. The van der Waals surface area contributed by atoms with Crippen LogP contribution in [0.3, 0.4) is 0 Å². The van der Waals surface area contributed by atoms with Gasteiger partial charge in [-0.15, -0.1) is 0 Å². The number of pyridine rings is 1. The van der Waals surface area contributed by atoms with Crippen molar-refractivity contribution in [2.24, 2.45) is 0 Å². The first-order chi connectivity index (χ1) is 12.1. The van der Waals surface area contributed by atoms with Crippen molar-refractivity contribution in [3.05, 3.63) is 94.6 Å². The van der Waals surface area contributed by atoms with Gasteiger partial charge in [-0.2, -0.15) is 4.31 Å². The standard InChI is InChI=1S/C19H17BrN2O2S/c20-18-12-7-13-19(21-18)25(23,24)22(14-16-8-3-1-4-9-16)15-17-10-5-2-6-11-17/h1-13H,14-15H2. The molecule has 0 fully saturated rings. The summed E-state index contributed by atoms with van der Waals surface area (Å²) < 4.78 is 28.2. The van der Waals surface area contributed by atoms with Crippen molar-refractivity contribution >= 4 is 26.0 Å². The number of hydrogen-bond acceptors (Lipinski definition) is 3. The molecule has 0 unspecified atom stereocenters. The number of hydrogen-bond donors (Lipinski definition) is 0. The molecule has 3 aromatic rings. The van der Waals surface area contributed by atoms with Crippen LogP contribution in [0.2, 0.25) is 0 Å². The van der Waals surface area contributed by atoms with Crippen LogP contribution in [0.5, 0.6) is 0 Å². The zero-order valence-electron chi connectivity index (χ0n) is 13.4. The van der Waals surface area contributed by atoms with E-state index >= 15 is 0 Å². The van der Waals surface area contributed by atoms with E-state index in [4.69, 9.17) is 0 Å². The average Bonchev–Trinajstić information content (AvgIpc) is 2.63. The second-order valence-electron chi connectivity index (χ2n) is 5.54. The average molecular weight is 417 g/mol. The van der Waals surface area contributed by atoms with Crippen molar-refractivity contribution in [2.75, 3.05) is 0 Å². The van der Waals surface area contributed by atoms with Gasteiger partial charge < -0.3 is 0 Å². The minimum Gasteiger partial charge on any atom is -0.228 e. The molecule has 0 atom stereocenters. The molecule has 0 spiro atoms. The van der Waals surface area contributed by atoms with Crippen LogP contribution < -0.4 is 0 Å². The summed E-state index contributed by atoms with van der Waals surface area (Å²) in [6.45, 7) is 0.568. The molecule has 128 valence electrons. The lowest BCUT2D eigenvalue weighted by atomic mass is 10.2. The van der Waals surface area contributed by atoms with Gasteiger partial charge in [0.25, 0.3) is 10.0 Å². The van der Waals surface area contributed by atoms with Gasteiger partial charge in [0.2, 0.25) is 0 Å². The van der Waals surface area contributed by atoms with Crippen LogP contribution >= 0.6 is 15.9 Å². The third kappa shape index (κ3) is 4.54. The first-order valence-corrected chi connectivity index (χ1v) is 9.99. The molecular weight excluding hydrogens is 400 g/mol. The molecule has 4 nitrogen and oxygen atoms in total. The van der Waals surface area contributed by atoms with Gasteiger partial charge >= 0.3 is 0 Å². The summed E-state index contributed by atoms with van der Waals surface area (Å²) in [6, 6.07) is 24.0. The van der Waals surface area contributed by atoms with Gasteiger partial charge in [0.15, 0.2) is 5.03 Å². The molecule has 6 heteroatoms. The third-order valence-electron chi connectivity index (χ3n) is 3.70. The molecule has 0 N–H and O–H groups in total. The van der Waals surface area contributed by atoms with Gasteiger partial charge in [0, 0.05) is 13.1 Å². The minimum absolute atomic E-state index is 0.0359. The molecular formula is C19H17BrN2O2S. The van der Waals surface area contributed by atoms with E-state index in [1.807, 2.05) is 60.7 Å². The summed E-state index contributed by atoms with van der Waals surface area (Å²) in [7, 11) is -3.73. The molecule has 0 aliphatic carbocycles. The van der Waals surface area contributed by atoms with Crippen LogP contribution in [0, 0.1) is 0 Å². The van der Waals surface area contributed by atoms with Crippen molar-refractivity contribution in [1.29, 1.82) is 0 Å². The maximum absolute atomic E-state index is 13.1. The number of nitrogens with zero attached hydrogens (tertiary/aromatic N) is 2. The van der Waals surface area contributed by atoms with Crippen molar-refractivity contribution in [1.82, 2.24) is 9.29 Å². The lowest BCUT2D eigenvalue weighted by Gasteiger charge is -2.22. The van der Waals surface area contributed by atoms with Crippen molar-refractivity contribution in [2.45, 2.75) is 18.1 Å². The van der Waals surface area contributed by atoms with Gasteiger partial charge in [-0.25, -0.2) is 13.4 Å². The highest BCUT2D eigenvalue weighted by Crippen LogP contribution is 2.21. The first kappa shape index (κ1) is 17.8. The molecule has 0 aliphatic heterocycles. The van der Waals surface area contributed by atoms with Crippen molar-refractivity contribution in [3.8, 4) is 0 Å². The Labute approximate surface area is 156 Å². The second kappa shape index (κ2) is 7.91. The van der Waals surface area contributed by atoms with Gasteiger partial charge in [-0.3, -0.25) is 0 Å². The maximum atomic E-state index is 13.1. The molecule has 0 radical (unpaired) electrons. The van der Waals surface area contributed by atoms with E-state index in [9.17, 15) is 8.42 Å². The minimum atomic E-state index is -3.73. The van der Waals surface area contributed by atoms with Gasteiger partial charge in [-0.05, 0) is 39.2 Å². The quantitative estimate of drug-likeness (QED) is 0.564. The molecule has 1 aromatic heterocycles. The van der Waals surface area contributed by atoms with Crippen LogP contribution in [0.4, 0.5) is 0 Å². The van der Waals surface area contributed by atoms with Crippen LogP contribution in [0.1, 0.15) is 11.1 Å². The zero-order chi connectivity index (χ0) is 17.7. The van der Waals surface area contributed by atoms with Crippen LogP contribution in [-0.2, 0) is 23.1 Å². The SMILES string of the molecule is O=S(=O)(c1cccc(Br)n1)N(Cc1ccccc1)Cc1ccccc1. The number of benzene rings is 2. The summed E-state index contributed by atoms with van der Waals surface area (Å²) in [5, 5.41) is 0.0359. The Morgan fingerprint density at radius 1 is 0.760 bits per heavy atom. The van der Waals surface area contributed by atoms with E-state index in [0.29, 0.717) is 4.60 Å². The zero-order valence-corrected chi connectivity index (χ0v) is 15.8. The summed E-state index contributed by atoms with van der Waals surface area (Å²) in [5.74, 6) is 0. The first-order valence-electron chi connectivity index (χ1n) is 7.76. The molecule has 1 heterocycles. The van der Waals surface area contributed by atoms with E-state index in [2.05, 4.69) is 20.9 Å². The fourth-order valence-electron chi connectivity index (χ4n) is 2.47. The predicted molar refractivity (Wildman–Crippen MR) is 101 cm³/mol. The maximum Gasteiger partial charge on any atom is 0.261 e. The molecule has 0 saturated carbocycles. The smallest absolute Gasteiger partial charge is 0.228 e. The van der Waals surface area contributed by atoms with E-state index in [-0.39, 0.29) is 18.1 Å². The lowest BCUT2D eigenvalue weighted by Crippen LogP contribution is -2.31. The topological polar surface area (TPSA) is 50.3 Å². The van der Waals surface area contributed by atoms with Gasteiger partial charge in [0.1, 0.15) is 4.60 Å². The van der Waals surface area contributed by atoms with Gasteiger partial charge in [-0.1, -0.05) is 66.7 Å². The van der Waals surface area contributed by atoms with Gasteiger partial charge in [0.05, 0.1) is 0 Å². The highest BCUT2D eigenvalue weighted by Gasteiger charge is 2.26. The summed E-state index contributed by atoms with van der Waals surface area (Å²) in [5.41, 5.74) is 1.86. The Kier molecular flexibility index (Phi) is 5.63. The number of sulfonamides is 1. The molecule has 3 rings (SSSR count). The Morgan fingerprint density at radius 2 is 1.28 bits per heavy atom. The molecule has 0 saturated heterocycles. The fraction of sp³-hybridized carbons (Fsp3) is 0.105. The number of aromatic nitrogens is 1.